The van der Waals surface area contributed by atoms with Crippen molar-refractivity contribution in [3.8, 4) is 11.5 Å². The lowest BCUT2D eigenvalue weighted by molar-refractivity contribution is -0.130. The van der Waals surface area contributed by atoms with Crippen molar-refractivity contribution in [3.63, 3.8) is 0 Å². The molecule has 0 unspecified atom stereocenters. The van der Waals surface area contributed by atoms with Crippen molar-refractivity contribution in [2.24, 2.45) is 11.8 Å². The molecule has 1 aromatic rings. The first kappa shape index (κ1) is 20.1. The van der Waals surface area contributed by atoms with E-state index in [4.69, 9.17) is 14.2 Å². The Morgan fingerprint density at radius 1 is 1.12 bits per heavy atom. The third-order valence-electron chi connectivity index (χ3n) is 5.31. The largest absolute Gasteiger partial charge is 0.493 e. The predicted molar refractivity (Wildman–Crippen MR) is 98.5 cm³/mol. The summed E-state index contributed by atoms with van der Waals surface area (Å²) in [4.78, 5) is 24.8. The van der Waals surface area contributed by atoms with Gasteiger partial charge in [-0.2, -0.15) is 0 Å². The van der Waals surface area contributed by atoms with Crippen LogP contribution < -0.4 is 14.8 Å². The standard InChI is InChI=1S/C20H29NO5/c1-12-7-6-8-16(13(12)2)21-19(22)14(3)26-20(23)15-9-10-17(24-4)18(11-15)25-5/h9-14,16H,6-8H2,1-5H3,(H,21,22)/t12-,13+,14+,16-/m0/s1. The summed E-state index contributed by atoms with van der Waals surface area (Å²) < 4.78 is 15.7. The van der Waals surface area contributed by atoms with Crippen molar-refractivity contribution in [2.45, 2.75) is 52.2 Å². The Balaban J connectivity index is 1.96. The Labute approximate surface area is 155 Å². The van der Waals surface area contributed by atoms with Crippen molar-refractivity contribution in [2.75, 3.05) is 14.2 Å². The molecule has 1 aromatic carbocycles. The van der Waals surface area contributed by atoms with E-state index in [0.717, 1.165) is 12.8 Å². The number of amides is 1. The van der Waals surface area contributed by atoms with Crippen molar-refractivity contribution >= 4 is 11.9 Å². The van der Waals surface area contributed by atoms with Gasteiger partial charge in [0.15, 0.2) is 17.6 Å². The molecule has 0 aromatic heterocycles. The van der Waals surface area contributed by atoms with E-state index in [9.17, 15) is 9.59 Å². The first-order valence-electron chi connectivity index (χ1n) is 9.10. The van der Waals surface area contributed by atoms with E-state index >= 15 is 0 Å². The number of rotatable bonds is 6. The highest BCUT2D eigenvalue weighted by molar-refractivity contribution is 5.92. The molecule has 1 aliphatic carbocycles. The summed E-state index contributed by atoms with van der Waals surface area (Å²) in [6, 6.07) is 4.88. The summed E-state index contributed by atoms with van der Waals surface area (Å²) in [6.45, 7) is 5.96. The van der Waals surface area contributed by atoms with Gasteiger partial charge >= 0.3 is 5.97 Å². The molecule has 0 heterocycles. The Hall–Kier alpha value is -2.24. The lowest BCUT2D eigenvalue weighted by Crippen LogP contribution is -2.47. The second kappa shape index (κ2) is 8.92. The van der Waals surface area contributed by atoms with Crippen LogP contribution in [0.3, 0.4) is 0 Å². The number of nitrogens with one attached hydrogen (secondary N) is 1. The maximum absolute atomic E-state index is 12.4. The lowest BCUT2D eigenvalue weighted by Gasteiger charge is -2.35. The molecule has 26 heavy (non-hydrogen) atoms. The Morgan fingerprint density at radius 2 is 1.81 bits per heavy atom. The van der Waals surface area contributed by atoms with Crippen molar-refractivity contribution in [3.05, 3.63) is 23.8 Å². The number of benzene rings is 1. The van der Waals surface area contributed by atoms with Crippen LogP contribution in [0.2, 0.25) is 0 Å². The number of methoxy groups -OCH3 is 2. The summed E-state index contributed by atoms with van der Waals surface area (Å²) in [5.41, 5.74) is 0.307. The molecule has 4 atom stereocenters. The van der Waals surface area contributed by atoms with Crippen LogP contribution in [0, 0.1) is 11.8 Å². The molecule has 6 nitrogen and oxygen atoms in total. The topological polar surface area (TPSA) is 73.9 Å². The SMILES string of the molecule is COc1ccc(C(=O)O[C@H](C)C(=O)N[C@H]2CCC[C@H](C)[C@H]2C)cc1OC. The van der Waals surface area contributed by atoms with Crippen LogP contribution in [0.1, 0.15) is 50.4 Å². The van der Waals surface area contributed by atoms with E-state index in [0.29, 0.717) is 28.9 Å². The Kier molecular flexibility index (Phi) is 6.89. The molecule has 1 fully saturated rings. The zero-order valence-electron chi connectivity index (χ0n) is 16.2. The maximum atomic E-state index is 12.4. The van der Waals surface area contributed by atoms with Crippen molar-refractivity contribution in [1.82, 2.24) is 5.32 Å². The Bertz CT molecular complexity index is 645. The molecular formula is C20H29NO5. The maximum Gasteiger partial charge on any atom is 0.339 e. The van der Waals surface area contributed by atoms with E-state index in [1.54, 1.807) is 19.1 Å². The number of carbonyl (C=O) groups excluding carboxylic acids is 2. The molecule has 1 aliphatic rings. The molecule has 0 spiro atoms. The van der Waals surface area contributed by atoms with Gasteiger partial charge in [-0.05, 0) is 43.4 Å². The van der Waals surface area contributed by atoms with Gasteiger partial charge in [0.05, 0.1) is 19.8 Å². The summed E-state index contributed by atoms with van der Waals surface area (Å²) in [6.07, 6.45) is 2.40. The highest BCUT2D eigenvalue weighted by Crippen LogP contribution is 2.30. The van der Waals surface area contributed by atoms with Gasteiger partial charge in [0.1, 0.15) is 0 Å². The van der Waals surface area contributed by atoms with Gasteiger partial charge in [0.2, 0.25) is 0 Å². The first-order chi connectivity index (χ1) is 12.4. The van der Waals surface area contributed by atoms with Gasteiger partial charge in [-0.15, -0.1) is 0 Å². The number of carbonyl (C=O) groups is 2. The van der Waals surface area contributed by atoms with Gasteiger partial charge in [-0.25, -0.2) is 4.79 Å². The van der Waals surface area contributed by atoms with E-state index in [2.05, 4.69) is 19.2 Å². The minimum atomic E-state index is -0.861. The van der Waals surface area contributed by atoms with Gasteiger partial charge in [-0.1, -0.05) is 26.7 Å². The number of ether oxygens (including phenoxy) is 3. The average Bonchev–Trinajstić information content (AvgIpc) is 2.64. The average molecular weight is 363 g/mol. The van der Waals surface area contributed by atoms with Crippen LogP contribution in [0.15, 0.2) is 18.2 Å². The van der Waals surface area contributed by atoms with E-state index in [1.807, 2.05) is 0 Å². The quantitative estimate of drug-likeness (QED) is 0.786. The first-order valence-corrected chi connectivity index (χ1v) is 9.10. The molecule has 6 heteroatoms. The van der Waals surface area contributed by atoms with Crippen LogP contribution in [-0.4, -0.2) is 38.2 Å². The zero-order valence-corrected chi connectivity index (χ0v) is 16.2. The van der Waals surface area contributed by atoms with Gasteiger partial charge in [0.25, 0.3) is 5.91 Å². The van der Waals surface area contributed by atoms with E-state index in [1.165, 1.54) is 26.7 Å². The Morgan fingerprint density at radius 3 is 2.46 bits per heavy atom. The number of hydrogen-bond acceptors (Lipinski definition) is 5. The molecule has 0 aliphatic heterocycles. The smallest absolute Gasteiger partial charge is 0.339 e. The highest BCUT2D eigenvalue weighted by Gasteiger charge is 2.30. The highest BCUT2D eigenvalue weighted by atomic mass is 16.5. The van der Waals surface area contributed by atoms with Crippen LogP contribution >= 0.6 is 0 Å². The number of hydrogen-bond donors (Lipinski definition) is 1. The van der Waals surface area contributed by atoms with Crippen LogP contribution in [0.5, 0.6) is 11.5 Å². The molecule has 1 amide bonds. The van der Waals surface area contributed by atoms with Gasteiger partial charge in [-0.3, -0.25) is 4.79 Å². The molecule has 1 saturated carbocycles. The monoisotopic (exact) mass is 363 g/mol. The molecular weight excluding hydrogens is 334 g/mol. The van der Waals surface area contributed by atoms with Gasteiger partial charge in [0, 0.05) is 6.04 Å². The van der Waals surface area contributed by atoms with Crippen molar-refractivity contribution < 1.29 is 23.8 Å². The molecule has 2 rings (SSSR count). The number of esters is 1. The third-order valence-corrected chi connectivity index (χ3v) is 5.31. The fourth-order valence-corrected chi connectivity index (χ4v) is 3.33. The summed E-state index contributed by atoms with van der Waals surface area (Å²) in [5, 5.41) is 3.04. The molecule has 144 valence electrons. The fourth-order valence-electron chi connectivity index (χ4n) is 3.33. The molecule has 0 saturated heterocycles. The minimum Gasteiger partial charge on any atom is -0.493 e. The molecule has 1 N–H and O–H groups in total. The minimum absolute atomic E-state index is 0.133. The summed E-state index contributed by atoms with van der Waals surface area (Å²) in [5.74, 6) is 1.13. The van der Waals surface area contributed by atoms with Crippen LogP contribution in [0.4, 0.5) is 0 Å². The van der Waals surface area contributed by atoms with E-state index in [-0.39, 0.29) is 11.9 Å². The second-order valence-corrected chi connectivity index (χ2v) is 7.00. The molecule has 0 bridgehead atoms. The third kappa shape index (κ3) is 4.68. The van der Waals surface area contributed by atoms with Gasteiger partial charge < -0.3 is 19.5 Å². The second-order valence-electron chi connectivity index (χ2n) is 7.00. The summed E-state index contributed by atoms with van der Waals surface area (Å²) >= 11 is 0. The van der Waals surface area contributed by atoms with E-state index < -0.39 is 12.1 Å². The fraction of sp³-hybridized carbons (Fsp3) is 0.600. The summed E-state index contributed by atoms with van der Waals surface area (Å²) in [7, 11) is 3.02. The molecule has 0 radical (unpaired) electrons. The van der Waals surface area contributed by atoms with Crippen LogP contribution in [0.25, 0.3) is 0 Å². The predicted octanol–water partition coefficient (Wildman–Crippen LogP) is 3.19. The lowest BCUT2D eigenvalue weighted by atomic mass is 9.78. The zero-order chi connectivity index (χ0) is 19.3. The van der Waals surface area contributed by atoms with Crippen molar-refractivity contribution in [1.29, 1.82) is 0 Å². The normalized spacial score (nSPS) is 23.7. The van der Waals surface area contributed by atoms with Crippen LogP contribution in [-0.2, 0) is 9.53 Å².